The van der Waals surface area contributed by atoms with Gasteiger partial charge in [-0.25, -0.2) is 0 Å². The van der Waals surface area contributed by atoms with Gasteiger partial charge in [-0.2, -0.15) is 0 Å². The number of nitrogens with one attached hydrogen (secondary N) is 1. The van der Waals surface area contributed by atoms with E-state index in [1.54, 1.807) is 0 Å². The number of aliphatic hydroxyl groups excluding tert-OH is 1. The predicted molar refractivity (Wildman–Crippen MR) is 138 cm³/mol. The van der Waals surface area contributed by atoms with E-state index in [-0.39, 0.29) is 49.9 Å². The number of nitrogens with two attached hydrogens (primary N) is 1. The summed E-state index contributed by atoms with van der Waals surface area (Å²) in [5.41, 5.74) is 5.05. The van der Waals surface area contributed by atoms with Crippen LogP contribution in [0.3, 0.4) is 0 Å². The monoisotopic (exact) mass is 715 g/mol. The summed E-state index contributed by atoms with van der Waals surface area (Å²) < 4.78 is 14.7. The molecule has 3 amide bonds. The average Bonchev–Trinajstić information content (AvgIpc) is 2.77. The standard InChI is InChI=1S/C21H24Br3N3O10/c1-9(29)35-7-12(37-11(3)31)6-27(4-5-28)21(34)15-16(22)14(20(25)33)17(23)19(18(15)24)26-13(32)8-36-10(2)30/h12,28H,4-8H2,1-3H3,(H2,25,33)(H,26,32). The smallest absolute Gasteiger partial charge is 0.303 e. The van der Waals surface area contributed by atoms with E-state index in [9.17, 15) is 33.9 Å². The van der Waals surface area contributed by atoms with Gasteiger partial charge in [0.25, 0.3) is 17.7 Å². The zero-order chi connectivity index (χ0) is 28.4. The van der Waals surface area contributed by atoms with Crippen molar-refractivity contribution in [2.75, 3.05) is 38.2 Å². The molecule has 0 aliphatic rings. The van der Waals surface area contributed by atoms with Gasteiger partial charge in [0.1, 0.15) is 6.61 Å². The molecule has 0 aliphatic heterocycles. The Kier molecular flexibility index (Phi) is 13.2. The highest BCUT2D eigenvalue weighted by molar-refractivity contribution is 9.11. The van der Waals surface area contributed by atoms with Gasteiger partial charge in [-0.05, 0) is 47.8 Å². The van der Waals surface area contributed by atoms with Crippen LogP contribution in [0.25, 0.3) is 0 Å². The number of anilines is 1. The summed E-state index contributed by atoms with van der Waals surface area (Å²) >= 11 is 9.64. The van der Waals surface area contributed by atoms with Crippen molar-refractivity contribution in [2.24, 2.45) is 5.73 Å². The number of halogens is 3. The van der Waals surface area contributed by atoms with Crippen LogP contribution in [0.4, 0.5) is 5.69 Å². The molecule has 1 atom stereocenters. The lowest BCUT2D eigenvalue weighted by molar-refractivity contribution is -0.157. The molecule has 0 saturated heterocycles. The van der Waals surface area contributed by atoms with Gasteiger partial charge in [-0.3, -0.25) is 28.8 Å². The minimum atomic E-state index is -1.08. The van der Waals surface area contributed by atoms with Crippen molar-refractivity contribution in [1.82, 2.24) is 4.90 Å². The second-order valence-electron chi connectivity index (χ2n) is 7.27. The zero-order valence-corrected chi connectivity index (χ0v) is 24.7. The Morgan fingerprint density at radius 2 is 1.49 bits per heavy atom. The van der Waals surface area contributed by atoms with Gasteiger partial charge in [0.05, 0.1) is 38.9 Å². The van der Waals surface area contributed by atoms with Crippen molar-refractivity contribution in [1.29, 1.82) is 0 Å². The van der Waals surface area contributed by atoms with Crippen LogP contribution >= 0.6 is 47.8 Å². The number of benzene rings is 1. The lowest BCUT2D eigenvalue weighted by atomic mass is 10.1. The number of rotatable bonds is 12. The number of amides is 3. The largest absolute Gasteiger partial charge is 0.462 e. The first-order valence-corrected chi connectivity index (χ1v) is 12.7. The van der Waals surface area contributed by atoms with Crippen molar-refractivity contribution in [3.8, 4) is 0 Å². The maximum Gasteiger partial charge on any atom is 0.303 e. The maximum absolute atomic E-state index is 13.6. The molecule has 0 spiro atoms. The summed E-state index contributed by atoms with van der Waals surface area (Å²) in [7, 11) is 0. The lowest BCUT2D eigenvalue weighted by Gasteiger charge is -2.28. The first-order valence-electron chi connectivity index (χ1n) is 10.3. The summed E-state index contributed by atoms with van der Waals surface area (Å²) in [6, 6.07) is 0. The van der Waals surface area contributed by atoms with Crippen LogP contribution < -0.4 is 11.1 Å². The Bertz CT molecular complexity index is 1100. The minimum absolute atomic E-state index is 0.00406. The number of primary amides is 1. The molecule has 0 saturated carbocycles. The summed E-state index contributed by atoms with van der Waals surface area (Å²) in [6.45, 7) is 1.35. The second kappa shape index (κ2) is 15.0. The van der Waals surface area contributed by atoms with E-state index in [0.29, 0.717) is 0 Å². The number of esters is 3. The number of carbonyl (C=O) groups is 6. The van der Waals surface area contributed by atoms with Gasteiger partial charge in [-0.1, -0.05) is 0 Å². The van der Waals surface area contributed by atoms with Crippen molar-refractivity contribution < 1.29 is 48.1 Å². The van der Waals surface area contributed by atoms with Crippen LogP contribution in [0.1, 0.15) is 41.5 Å². The third kappa shape index (κ3) is 9.68. The molecule has 0 aromatic heterocycles. The summed E-state index contributed by atoms with van der Waals surface area (Å²) in [5.74, 6) is -4.57. The van der Waals surface area contributed by atoms with E-state index in [1.165, 1.54) is 0 Å². The number of nitrogens with zero attached hydrogens (tertiary/aromatic N) is 1. The average molecular weight is 718 g/mol. The van der Waals surface area contributed by atoms with Crippen molar-refractivity contribution in [3.05, 3.63) is 24.5 Å². The SMILES string of the molecule is CC(=O)OCC(=O)Nc1c(Br)c(C(N)=O)c(Br)c(C(=O)N(CCO)CC(COC(C)=O)OC(C)=O)c1Br. The quantitative estimate of drug-likeness (QED) is 0.211. The van der Waals surface area contributed by atoms with E-state index in [2.05, 4.69) is 57.8 Å². The lowest BCUT2D eigenvalue weighted by Crippen LogP contribution is -2.43. The fourth-order valence-corrected chi connectivity index (χ4v) is 5.81. The third-order valence-electron chi connectivity index (χ3n) is 4.33. The maximum atomic E-state index is 13.6. The summed E-state index contributed by atoms with van der Waals surface area (Å²) in [4.78, 5) is 73.0. The fraction of sp³-hybridized carbons (Fsp3) is 0.429. The van der Waals surface area contributed by atoms with Crippen LogP contribution in [0.15, 0.2) is 13.4 Å². The number of ether oxygens (including phenoxy) is 3. The van der Waals surface area contributed by atoms with E-state index >= 15 is 0 Å². The molecule has 37 heavy (non-hydrogen) atoms. The topological polar surface area (TPSA) is 192 Å². The molecule has 1 aromatic carbocycles. The molecule has 0 radical (unpaired) electrons. The molecule has 204 valence electrons. The Morgan fingerprint density at radius 1 is 0.919 bits per heavy atom. The van der Waals surface area contributed by atoms with Gasteiger partial charge < -0.3 is 35.3 Å². The Labute approximate surface area is 236 Å². The number of carbonyl (C=O) groups excluding carboxylic acids is 6. The van der Waals surface area contributed by atoms with Crippen LogP contribution in [-0.2, 0) is 33.4 Å². The third-order valence-corrected chi connectivity index (χ3v) is 6.71. The molecule has 0 fully saturated rings. The van der Waals surface area contributed by atoms with E-state index in [1.807, 2.05) is 0 Å². The highest BCUT2D eigenvalue weighted by Crippen LogP contribution is 2.42. The molecule has 1 aromatic rings. The number of hydrogen-bond acceptors (Lipinski definition) is 10. The van der Waals surface area contributed by atoms with E-state index in [0.717, 1.165) is 25.7 Å². The van der Waals surface area contributed by atoms with E-state index in [4.69, 9.17) is 15.2 Å². The van der Waals surface area contributed by atoms with E-state index < -0.39 is 54.9 Å². The van der Waals surface area contributed by atoms with Crippen LogP contribution in [0, 0.1) is 0 Å². The predicted octanol–water partition coefficient (Wildman–Crippen LogP) is 1.50. The van der Waals surface area contributed by atoms with Crippen molar-refractivity contribution in [3.63, 3.8) is 0 Å². The molecule has 1 rings (SSSR count). The molecular weight excluding hydrogens is 694 g/mol. The fourth-order valence-electron chi connectivity index (χ4n) is 2.89. The Morgan fingerprint density at radius 3 is 1.97 bits per heavy atom. The van der Waals surface area contributed by atoms with Crippen LogP contribution in [0.5, 0.6) is 0 Å². The number of hydrogen-bond donors (Lipinski definition) is 3. The molecule has 16 heteroatoms. The first kappa shape index (κ1) is 32.5. The molecule has 0 bridgehead atoms. The second-order valence-corrected chi connectivity index (χ2v) is 9.65. The van der Waals surface area contributed by atoms with Gasteiger partial charge in [-0.15, -0.1) is 0 Å². The summed E-state index contributed by atoms with van der Waals surface area (Å²) in [6.07, 6.45) is -1.08. The molecule has 1 unspecified atom stereocenters. The number of aliphatic hydroxyl groups is 1. The van der Waals surface area contributed by atoms with Gasteiger partial charge in [0.2, 0.25) is 0 Å². The zero-order valence-electron chi connectivity index (χ0n) is 19.9. The highest BCUT2D eigenvalue weighted by Gasteiger charge is 2.31. The first-order chi connectivity index (χ1) is 17.2. The van der Waals surface area contributed by atoms with Crippen molar-refractivity contribution >= 4 is 89.1 Å². The summed E-state index contributed by atoms with van der Waals surface area (Å²) in [5, 5.41) is 12.0. The molecule has 4 N–H and O–H groups in total. The Balaban J connectivity index is 3.56. The van der Waals surface area contributed by atoms with Gasteiger partial charge >= 0.3 is 17.9 Å². The molecule has 0 aliphatic carbocycles. The highest BCUT2D eigenvalue weighted by atomic mass is 79.9. The van der Waals surface area contributed by atoms with Crippen LogP contribution in [0.2, 0.25) is 0 Å². The minimum Gasteiger partial charge on any atom is -0.462 e. The normalized spacial score (nSPS) is 11.2. The molecule has 0 heterocycles. The van der Waals surface area contributed by atoms with Crippen molar-refractivity contribution in [2.45, 2.75) is 26.9 Å². The molecule has 13 nitrogen and oxygen atoms in total. The van der Waals surface area contributed by atoms with Gasteiger partial charge in [0, 0.05) is 31.8 Å². The Hall–Kier alpha value is -2.56. The van der Waals surface area contributed by atoms with Gasteiger partial charge in [0.15, 0.2) is 12.7 Å². The van der Waals surface area contributed by atoms with Crippen LogP contribution in [-0.4, -0.2) is 84.7 Å². The molecular formula is C21H24Br3N3O10.